The number of nitrogens with zero attached hydrogens (tertiary/aromatic N) is 7. The number of rotatable bonds is 4. The quantitative estimate of drug-likeness (QED) is 0.177. The molecule has 0 unspecified atom stereocenters. The molecule has 7 nitrogen and oxygen atoms in total. The standard InChI is InChI=1S/C43H25N7/c1-2-26-3-4-27-9-14-39(50-42(27)41(26)45-19-1)33-8-6-28-20-32(7-5-29(28)21-33)37-17-12-34-22-30(10-15-36(34)48-37)31-11-16-38-35(23-31)13-18-40(49-38)43-46-24-44-25-47-43/h1-25H. The van der Waals surface area contributed by atoms with Gasteiger partial charge in [-0.15, -0.1) is 0 Å². The van der Waals surface area contributed by atoms with Crippen LogP contribution in [0.25, 0.3) is 99.5 Å². The Labute approximate surface area is 286 Å². The Bertz CT molecular complexity index is 2940. The number of fused-ring (bicyclic) bond motifs is 6. The fourth-order valence-corrected chi connectivity index (χ4v) is 6.72. The van der Waals surface area contributed by atoms with Crippen molar-refractivity contribution in [2.75, 3.05) is 0 Å². The maximum absolute atomic E-state index is 5.05. The monoisotopic (exact) mass is 639 g/mol. The van der Waals surface area contributed by atoms with Gasteiger partial charge >= 0.3 is 0 Å². The van der Waals surface area contributed by atoms with Gasteiger partial charge in [0.1, 0.15) is 18.3 Å². The van der Waals surface area contributed by atoms with Crippen molar-refractivity contribution < 1.29 is 0 Å². The van der Waals surface area contributed by atoms with Crippen LogP contribution in [0.3, 0.4) is 0 Å². The highest BCUT2D eigenvalue weighted by molar-refractivity contribution is 6.03. The Morgan fingerprint density at radius 1 is 0.340 bits per heavy atom. The minimum atomic E-state index is 0.562. The smallest absolute Gasteiger partial charge is 0.181 e. The lowest BCUT2D eigenvalue weighted by Crippen LogP contribution is -1.92. The van der Waals surface area contributed by atoms with Crippen molar-refractivity contribution in [3.8, 4) is 45.2 Å². The summed E-state index contributed by atoms with van der Waals surface area (Å²) >= 11 is 0. The Morgan fingerprint density at radius 3 is 1.52 bits per heavy atom. The lowest BCUT2D eigenvalue weighted by Gasteiger charge is -2.09. The second-order valence-corrected chi connectivity index (χ2v) is 12.4. The molecule has 5 heterocycles. The van der Waals surface area contributed by atoms with Gasteiger partial charge in [-0.2, -0.15) is 0 Å². The van der Waals surface area contributed by atoms with Crippen LogP contribution >= 0.6 is 0 Å². The zero-order valence-electron chi connectivity index (χ0n) is 26.6. The van der Waals surface area contributed by atoms with Crippen LogP contribution in [0.5, 0.6) is 0 Å². The Hall–Kier alpha value is -6.99. The van der Waals surface area contributed by atoms with Crippen molar-refractivity contribution in [3.05, 3.63) is 152 Å². The molecule has 10 aromatic rings. The van der Waals surface area contributed by atoms with Crippen molar-refractivity contribution in [3.63, 3.8) is 0 Å². The molecule has 0 radical (unpaired) electrons. The molecule has 0 saturated heterocycles. The summed E-state index contributed by atoms with van der Waals surface area (Å²) in [5, 5.41) is 6.63. The van der Waals surface area contributed by atoms with Crippen molar-refractivity contribution in [2.24, 2.45) is 0 Å². The van der Waals surface area contributed by atoms with Crippen LogP contribution in [0.2, 0.25) is 0 Å². The fraction of sp³-hybridized carbons (Fsp3) is 0. The predicted molar refractivity (Wildman–Crippen MR) is 200 cm³/mol. The van der Waals surface area contributed by atoms with Gasteiger partial charge in [0, 0.05) is 38.9 Å². The van der Waals surface area contributed by atoms with E-state index in [-0.39, 0.29) is 0 Å². The second kappa shape index (κ2) is 11.3. The minimum Gasteiger partial charge on any atom is -0.254 e. The van der Waals surface area contributed by atoms with Gasteiger partial charge in [-0.3, -0.25) is 4.98 Å². The van der Waals surface area contributed by atoms with E-state index in [4.69, 9.17) is 15.0 Å². The molecule has 0 bridgehead atoms. The molecule has 0 atom stereocenters. The summed E-state index contributed by atoms with van der Waals surface area (Å²) in [5.41, 5.74) is 10.7. The summed E-state index contributed by atoms with van der Waals surface area (Å²) < 4.78 is 0. The first kappa shape index (κ1) is 28.1. The van der Waals surface area contributed by atoms with Gasteiger partial charge in [-0.05, 0) is 82.6 Å². The molecular formula is C43H25N7. The second-order valence-electron chi connectivity index (χ2n) is 12.4. The summed E-state index contributed by atoms with van der Waals surface area (Å²) in [5.74, 6) is 0.562. The van der Waals surface area contributed by atoms with Crippen molar-refractivity contribution in [2.45, 2.75) is 0 Å². The summed E-state index contributed by atoms with van der Waals surface area (Å²) in [7, 11) is 0. The normalized spacial score (nSPS) is 11.6. The number of pyridine rings is 4. The van der Waals surface area contributed by atoms with E-state index < -0.39 is 0 Å². The molecule has 0 aliphatic rings. The molecule has 0 spiro atoms. The molecule has 5 aromatic heterocycles. The number of benzene rings is 5. The lowest BCUT2D eigenvalue weighted by atomic mass is 9.99. The summed E-state index contributed by atoms with van der Waals surface area (Å²) in [6, 6.07) is 46.5. The molecule has 0 fully saturated rings. The van der Waals surface area contributed by atoms with Crippen molar-refractivity contribution in [1.82, 2.24) is 34.9 Å². The van der Waals surface area contributed by atoms with Crippen LogP contribution in [0.15, 0.2) is 152 Å². The molecule has 0 aliphatic carbocycles. The number of hydrogen-bond acceptors (Lipinski definition) is 7. The fourth-order valence-electron chi connectivity index (χ4n) is 6.72. The number of hydrogen-bond donors (Lipinski definition) is 0. The Morgan fingerprint density at radius 2 is 0.840 bits per heavy atom. The van der Waals surface area contributed by atoms with Gasteiger partial charge in [-0.25, -0.2) is 29.9 Å². The first-order valence-corrected chi connectivity index (χ1v) is 16.4. The van der Waals surface area contributed by atoms with Gasteiger partial charge in [0.25, 0.3) is 0 Å². The van der Waals surface area contributed by atoms with E-state index >= 15 is 0 Å². The lowest BCUT2D eigenvalue weighted by molar-refractivity contribution is 1.05. The highest BCUT2D eigenvalue weighted by Gasteiger charge is 2.10. The van der Waals surface area contributed by atoms with E-state index in [1.807, 2.05) is 24.4 Å². The third-order valence-electron chi connectivity index (χ3n) is 9.30. The summed E-state index contributed by atoms with van der Waals surface area (Å²) in [6.45, 7) is 0. The van der Waals surface area contributed by atoms with Crippen LogP contribution in [0.4, 0.5) is 0 Å². The maximum atomic E-state index is 5.05. The average Bonchev–Trinajstić information content (AvgIpc) is 3.19. The highest BCUT2D eigenvalue weighted by Crippen LogP contribution is 2.32. The first-order valence-electron chi connectivity index (χ1n) is 16.4. The van der Waals surface area contributed by atoms with Crippen LogP contribution in [0.1, 0.15) is 0 Å². The van der Waals surface area contributed by atoms with Crippen LogP contribution < -0.4 is 0 Å². The zero-order valence-corrected chi connectivity index (χ0v) is 26.6. The molecule has 0 N–H and O–H groups in total. The first-order chi connectivity index (χ1) is 24.7. The minimum absolute atomic E-state index is 0.562. The topological polar surface area (TPSA) is 90.2 Å². The van der Waals surface area contributed by atoms with Crippen molar-refractivity contribution >= 4 is 54.4 Å². The largest absolute Gasteiger partial charge is 0.254 e. The zero-order chi connectivity index (χ0) is 33.0. The molecule has 7 heteroatoms. The molecule has 50 heavy (non-hydrogen) atoms. The van der Waals surface area contributed by atoms with Crippen molar-refractivity contribution in [1.29, 1.82) is 0 Å². The third-order valence-corrected chi connectivity index (χ3v) is 9.30. The third kappa shape index (κ3) is 4.88. The molecular weight excluding hydrogens is 615 g/mol. The maximum Gasteiger partial charge on any atom is 0.181 e. The average molecular weight is 640 g/mol. The van der Waals surface area contributed by atoms with E-state index in [1.165, 1.54) is 12.7 Å². The predicted octanol–water partition coefficient (Wildman–Crippen LogP) is 9.89. The Kier molecular flexibility index (Phi) is 6.35. The van der Waals surface area contributed by atoms with Gasteiger partial charge in [0.2, 0.25) is 0 Å². The van der Waals surface area contributed by atoms with Gasteiger partial charge < -0.3 is 0 Å². The molecule has 5 aromatic carbocycles. The van der Waals surface area contributed by atoms with E-state index in [1.54, 1.807) is 0 Å². The van der Waals surface area contributed by atoms with Crippen LogP contribution in [-0.2, 0) is 0 Å². The highest BCUT2D eigenvalue weighted by atomic mass is 15.0. The molecule has 0 saturated carbocycles. The van der Waals surface area contributed by atoms with Crippen LogP contribution in [-0.4, -0.2) is 34.9 Å². The van der Waals surface area contributed by atoms with Gasteiger partial charge in [-0.1, -0.05) is 72.8 Å². The van der Waals surface area contributed by atoms with Gasteiger partial charge in [0.15, 0.2) is 5.82 Å². The Balaban J connectivity index is 0.937. The molecule has 232 valence electrons. The molecule has 0 aliphatic heterocycles. The molecule has 10 rings (SSSR count). The number of aromatic nitrogens is 7. The van der Waals surface area contributed by atoms with E-state index in [2.05, 4.69) is 135 Å². The summed E-state index contributed by atoms with van der Waals surface area (Å²) in [4.78, 5) is 31.8. The molecule has 0 amide bonds. The van der Waals surface area contributed by atoms with Gasteiger partial charge in [0.05, 0.1) is 33.5 Å². The van der Waals surface area contributed by atoms with E-state index in [9.17, 15) is 0 Å². The van der Waals surface area contributed by atoms with E-state index in [0.717, 1.165) is 93.7 Å². The van der Waals surface area contributed by atoms with E-state index in [0.29, 0.717) is 5.82 Å². The van der Waals surface area contributed by atoms with Crippen LogP contribution in [0, 0.1) is 0 Å². The SMILES string of the molecule is c1cnc2c(c1)ccc1ccc(-c3ccc4cc(-c5ccc6cc(-c7ccc8nc(-c9ncncn9)ccc8c7)ccc6n5)ccc4c3)nc12. The summed E-state index contributed by atoms with van der Waals surface area (Å²) in [6.07, 6.45) is 4.79.